The first-order valence-electron chi connectivity index (χ1n) is 8.76. The topological polar surface area (TPSA) is 41.6 Å². The lowest BCUT2D eigenvalue weighted by atomic mass is 9.77. The van der Waals surface area contributed by atoms with E-state index in [0.717, 1.165) is 38.6 Å². The van der Waals surface area contributed by atoms with Gasteiger partial charge in [-0.1, -0.05) is 6.92 Å². The van der Waals surface area contributed by atoms with Gasteiger partial charge in [-0.05, 0) is 51.4 Å². The molecule has 1 saturated carbocycles. The molecule has 2 bridgehead atoms. The summed E-state index contributed by atoms with van der Waals surface area (Å²) in [5.41, 5.74) is -0.144. The molecule has 2 heterocycles. The van der Waals surface area contributed by atoms with Crippen molar-refractivity contribution in [3.05, 3.63) is 0 Å². The Kier molecular flexibility index (Phi) is 4.55. The number of hydrogen-bond acceptors (Lipinski definition) is 3. The smallest absolute Gasteiger partial charge is 0.225 e. The Morgan fingerprint density at radius 1 is 1.29 bits per heavy atom. The highest BCUT2D eigenvalue weighted by Gasteiger charge is 2.42. The van der Waals surface area contributed by atoms with Gasteiger partial charge in [0.25, 0.3) is 0 Å². The number of rotatable bonds is 6. The molecular formula is C17H30N2O2. The molecule has 1 amide bonds. The number of carbonyl (C=O) groups excluding carboxylic acids is 1. The highest BCUT2D eigenvalue weighted by molar-refractivity contribution is 5.78. The van der Waals surface area contributed by atoms with Crippen LogP contribution in [0, 0.1) is 0 Å². The van der Waals surface area contributed by atoms with Crippen molar-refractivity contribution < 1.29 is 9.53 Å². The van der Waals surface area contributed by atoms with Gasteiger partial charge in [-0.2, -0.15) is 0 Å². The predicted molar refractivity (Wildman–Crippen MR) is 83.2 cm³/mol. The molecule has 0 aromatic rings. The van der Waals surface area contributed by atoms with Crippen LogP contribution in [0.4, 0.5) is 0 Å². The number of amides is 1. The minimum absolute atomic E-state index is 0.144. The molecule has 3 fully saturated rings. The molecule has 2 aliphatic heterocycles. The Bertz CT molecular complexity index is 363. The second-order valence-corrected chi connectivity index (χ2v) is 7.27. The van der Waals surface area contributed by atoms with Crippen LogP contribution in [-0.2, 0) is 9.53 Å². The maximum Gasteiger partial charge on any atom is 0.225 e. The largest absolute Gasteiger partial charge is 0.378 e. The summed E-state index contributed by atoms with van der Waals surface area (Å²) in [5.74, 6) is 0.324. The molecule has 21 heavy (non-hydrogen) atoms. The van der Waals surface area contributed by atoms with Crippen molar-refractivity contribution in [3.63, 3.8) is 0 Å². The molecule has 0 aromatic heterocycles. The van der Waals surface area contributed by atoms with Gasteiger partial charge in [0.05, 0.1) is 12.0 Å². The van der Waals surface area contributed by atoms with Crippen LogP contribution in [0.3, 0.4) is 0 Å². The molecule has 4 heteroatoms. The average molecular weight is 294 g/mol. The molecule has 4 nitrogen and oxygen atoms in total. The van der Waals surface area contributed by atoms with Crippen LogP contribution in [0.5, 0.6) is 0 Å². The minimum Gasteiger partial charge on any atom is -0.378 e. The van der Waals surface area contributed by atoms with Crippen molar-refractivity contribution in [3.8, 4) is 0 Å². The van der Waals surface area contributed by atoms with Crippen LogP contribution in [0.15, 0.2) is 0 Å². The summed E-state index contributed by atoms with van der Waals surface area (Å²) >= 11 is 0. The summed E-state index contributed by atoms with van der Waals surface area (Å²) in [4.78, 5) is 15.0. The summed E-state index contributed by atoms with van der Waals surface area (Å²) in [7, 11) is 1.77. The van der Waals surface area contributed by atoms with Gasteiger partial charge in [-0.3, -0.25) is 4.79 Å². The molecule has 1 aliphatic carbocycles. The van der Waals surface area contributed by atoms with Crippen molar-refractivity contribution in [1.82, 2.24) is 10.2 Å². The number of carbonyl (C=O) groups is 1. The molecule has 3 rings (SSSR count). The number of ether oxygens (including phenoxy) is 1. The second-order valence-electron chi connectivity index (χ2n) is 7.27. The SMILES string of the molecule is CCCN(C(=O)CC1(OC)CCC1)C1CC2CCC(C1)N2. The van der Waals surface area contributed by atoms with Gasteiger partial charge in [0.2, 0.25) is 5.91 Å². The van der Waals surface area contributed by atoms with Crippen molar-refractivity contribution in [2.75, 3.05) is 13.7 Å². The molecule has 0 spiro atoms. The zero-order valence-electron chi connectivity index (χ0n) is 13.6. The van der Waals surface area contributed by atoms with E-state index in [-0.39, 0.29) is 5.60 Å². The number of nitrogens with one attached hydrogen (secondary N) is 1. The molecule has 0 radical (unpaired) electrons. The van der Waals surface area contributed by atoms with Crippen LogP contribution in [0.1, 0.15) is 64.7 Å². The van der Waals surface area contributed by atoms with Crippen molar-refractivity contribution in [2.24, 2.45) is 0 Å². The van der Waals surface area contributed by atoms with Gasteiger partial charge >= 0.3 is 0 Å². The van der Waals surface area contributed by atoms with Crippen molar-refractivity contribution in [1.29, 1.82) is 0 Å². The lowest BCUT2D eigenvalue weighted by Gasteiger charge is -2.43. The first-order valence-corrected chi connectivity index (χ1v) is 8.76. The summed E-state index contributed by atoms with van der Waals surface area (Å²) in [5, 5.41) is 3.68. The summed E-state index contributed by atoms with van der Waals surface area (Å²) in [6, 6.07) is 1.73. The van der Waals surface area contributed by atoms with E-state index in [1.807, 2.05) is 0 Å². The normalized spacial score (nSPS) is 33.5. The molecule has 120 valence electrons. The maximum absolute atomic E-state index is 12.9. The van der Waals surface area contributed by atoms with E-state index >= 15 is 0 Å². The quantitative estimate of drug-likeness (QED) is 0.818. The van der Waals surface area contributed by atoms with E-state index in [9.17, 15) is 4.79 Å². The third-order valence-corrected chi connectivity index (χ3v) is 5.85. The fourth-order valence-electron chi connectivity index (χ4n) is 4.43. The number of piperidine rings is 1. The maximum atomic E-state index is 12.9. The van der Waals surface area contributed by atoms with Gasteiger partial charge in [0.15, 0.2) is 0 Å². The van der Waals surface area contributed by atoms with Crippen LogP contribution in [0.25, 0.3) is 0 Å². The van der Waals surface area contributed by atoms with Crippen LogP contribution in [0.2, 0.25) is 0 Å². The molecule has 2 unspecified atom stereocenters. The van der Waals surface area contributed by atoms with Crippen LogP contribution < -0.4 is 5.32 Å². The number of hydrogen-bond donors (Lipinski definition) is 1. The predicted octanol–water partition coefficient (Wildman–Crippen LogP) is 2.47. The Balaban J connectivity index is 1.64. The average Bonchev–Trinajstić information content (AvgIpc) is 2.78. The van der Waals surface area contributed by atoms with Gasteiger partial charge < -0.3 is 15.0 Å². The zero-order chi connectivity index (χ0) is 14.9. The summed E-state index contributed by atoms with van der Waals surface area (Å²) in [6.45, 7) is 3.08. The monoisotopic (exact) mass is 294 g/mol. The van der Waals surface area contributed by atoms with E-state index in [1.165, 1.54) is 19.3 Å². The van der Waals surface area contributed by atoms with E-state index in [4.69, 9.17) is 4.74 Å². The third-order valence-electron chi connectivity index (χ3n) is 5.85. The Hall–Kier alpha value is -0.610. The van der Waals surface area contributed by atoms with Crippen LogP contribution >= 0.6 is 0 Å². The summed E-state index contributed by atoms with van der Waals surface area (Å²) < 4.78 is 5.65. The number of nitrogens with zero attached hydrogens (tertiary/aromatic N) is 1. The fourth-order valence-corrected chi connectivity index (χ4v) is 4.43. The fraction of sp³-hybridized carbons (Fsp3) is 0.941. The lowest BCUT2D eigenvalue weighted by Crippen LogP contribution is -2.53. The van der Waals surface area contributed by atoms with Gasteiger partial charge in [0, 0.05) is 31.8 Å². The first-order chi connectivity index (χ1) is 10.2. The molecule has 2 saturated heterocycles. The lowest BCUT2D eigenvalue weighted by molar-refractivity contribution is -0.147. The van der Waals surface area contributed by atoms with E-state index in [1.54, 1.807) is 7.11 Å². The summed E-state index contributed by atoms with van der Waals surface area (Å²) in [6.07, 6.45) is 9.79. The zero-order valence-corrected chi connectivity index (χ0v) is 13.6. The highest BCUT2D eigenvalue weighted by atomic mass is 16.5. The van der Waals surface area contributed by atoms with Gasteiger partial charge in [-0.15, -0.1) is 0 Å². The van der Waals surface area contributed by atoms with Crippen LogP contribution in [-0.4, -0.2) is 48.2 Å². The van der Waals surface area contributed by atoms with Crippen molar-refractivity contribution >= 4 is 5.91 Å². The molecule has 3 aliphatic rings. The molecule has 1 N–H and O–H groups in total. The Morgan fingerprint density at radius 2 is 1.95 bits per heavy atom. The van der Waals surface area contributed by atoms with Gasteiger partial charge in [0.1, 0.15) is 0 Å². The molecule has 0 aromatic carbocycles. The van der Waals surface area contributed by atoms with E-state index in [2.05, 4.69) is 17.1 Å². The standard InChI is InChI=1S/C17H30N2O2/c1-3-9-19(15-10-13-5-6-14(11-15)18-13)16(20)12-17(21-2)7-4-8-17/h13-15,18H,3-12H2,1-2H3. The third kappa shape index (κ3) is 3.11. The number of methoxy groups -OCH3 is 1. The van der Waals surface area contributed by atoms with E-state index in [0.29, 0.717) is 30.5 Å². The van der Waals surface area contributed by atoms with Gasteiger partial charge in [-0.25, -0.2) is 0 Å². The van der Waals surface area contributed by atoms with E-state index < -0.39 is 0 Å². The molecule has 2 atom stereocenters. The Morgan fingerprint density at radius 3 is 2.43 bits per heavy atom. The van der Waals surface area contributed by atoms with Crippen molar-refractivity contribution in [2.45, 2.75) is 88.4 Å². The first kappa shape index (κ1) is 15.3. The highest BCUT2D eigenvalue weighted by Crippen LogP contribution is 2.39. The minimum atomic E-state index is -0.144. The second kappa shape index (κ2) is 6.25. The Labute approximate surface area is 128 Å². The molecular weight excluding hydrogens is 264 g/mol. The number of fused-ring (bicyclic) bond motifs is 2.